The lowest BCUT2D eigenvalue weighted by Crippen LogP contribution is -2.03. The highest BCUT2D eigenvalue weighted by Gasteiger charge is 1.95. The van der Waals surface area contributed by atoms with E-state index in [9.17, 15) is 4.79 Å². The van der Waals surface area contributed by atoms with Gasteiger partial charge in [0.05, 0.1) is 5.69 Å². The van der Waals surface area contributed by atoms with Crippen molar-refractivity contribution in [1.29, 1.82) is 0 Å². The third kappa shape index (κ3) is 2.80. The molecule has 0 aliphatic heterocycles. The molecule has 0 aliphatic rings. The summed E-state index contributed by atoms with van der Waals surface area (Å²) in [5.41, 5.74) is 1.34. The molecule has 1 aromatic heterocycles. The van der Waals surface area contributed by atoms with Gasteiger partial charge in [0.15, 0.2) is 6.29 Å². The lowest BCUT2D eigenvalue weighted by atomic mass is 10.2. The summed E-state index contributed by atoms with van der Waals surface area (Å²) in [6.45, 7) is 0.773. The predicted molar refractivity (Wildman–Crippen MR) is 52.6 cm³/mol. The van der Waals surface area contributed by atoms with E-state index in [1.165, 1.54) is 0 Å². The van der Waals surface area contributed by atoms with Gasteiger partial charge >= 0.3 is 0 Å². The standard InChI is InChI=1S/C10H12N2O/c1-11-6-3-5-10-9(8-13)4-2-7-12-10/h2-5,7-8,11H,6H2,1H3. The number of nitrogens with zero attached hydrogens (tertiary/aromatic N) is 1. The van der Waals surface area contributed by atoms with Gasteiger partial charge < -0.3 is 5.32 Å². The Morgan fingerprint density at radius 2 is 2.46 bits per heavy atom. The minimum atomic E-state index is 0.620. The summed E-state index contributed by atoms with van der Waals surface area (Å²) in [6.07, 6.45) is 6.24. The molecule has 1 heterocycles. The molecule has 0 unspecified atom stereocenters. The number of likely N-dealkylation sites (N-methyl/N-ethyl adjacent to an activating group) is 1. The van der Waals surface area contributed by atoms with Crippen LogP contribution in [0.4, 0.5) is 0 Å². The zero-order valence-electron chi connectivity index (χ0n) is 7.53. The van der Waals surface area contributed by atoms with Crippen LogP contribution >= 0.6 is 0 Å². The maximum atomic E-state index is 10.6. The van der Waals surface area contributed by atoms with Crippen LogP contribution in [0.1, 0.15) is 16.1 Å². The van der Waals surface area contributed by atoms with E-state index in [-0.39, 0.29) is 0 Å². The van der Waals surface area contributed by atoms with E-state index in [0.717, 1.165) is 12.8 Å². The first kappa shape index (κ1) is 9.61. The molecule has 1 aromatic rings. The predicted octanol–water partition coefficient (Wildman–Crippen LogP) is 1.13. The Labute approximate surface area is 77.5 Å². The second-order valence-corrected chi connectivity index (χ2v) is 2.56. The minimum absolute atomic E-state index is 0.620. The molecule has 3 nitrogen and oxygen atoms in total. The molecule has 0 amide bonds. The molecule has 3 heteroatoms. The van der Waals surface area contributed by atoms with Gasteiger partial charge in [-0.05, 0) is 25.3 Å². The molecule has 0 aliphatic carbocycles. The van der Waals surface area contributed by atoms with Crippen LogP contribution in [-0.4, -0.2) is 24.9 Å². The third-order valence-corrected chi connectivity index (χ3v) is 1.60. The van der Waals surface area contributed by atoms with Crippen LogP contribution in [-0.2, 0) is 0 Å². The summed E-state index contributed by atoms with van der Waals surface area (Å²) in [4.78, 5) is 14.6. The van der Waals surface area contributed by atoms with Gasteiger partial charge in [-0.2, -0.15) is 0 Å². The van der Waals surface area contributed by atoms with Crippen LogP contribution in [0, 0.1) is 0 Å². The number of aromatic nitrogens is 1. The smallest absolute Gasteiger partial charge is 0.152 e. The molecule has 0 fully saturated rings. The van der Waals surface area contributed by atoms with Crippen molar-refractivity contribution >= 4 is 12.4 Å². The molecule has 0 atom stereocenters. The van der Waals surface area contributed by atoms with Gasteiger partial charge in [-0.15, -0.1) is 0 Å². The molecule has 0 bridgehead atoms. The molecular formula is C10H12N2O. The molecular weight excluding hydrogens is 164 g/mol. The van der Waals surface area contributed by atoms with Crippen molar-refractivity contribution < 1.29 is 4.79 Å². The summed E-state index contributed by atoms with van der Waals surface area (Å²) in [7, 11) is 1.86. The highest BCUT2D eigenvalue weighted by molar-refractivity contribution is 5.80. The van der Waals surface area contributed by atoms with Gasteiger partial charge in [0.2, 0.25) is 0 Å². The monoisotopic (exact) mass is 176 g/mol. The van der Waals surface area contributed by atoms with E-state index >= 15 is 0 Å². The summed E-state index contributed by atoms with van der Waals surface area (Å²) >= 11 is 0. The number of nitrogens with one attached hydrogen (secondary N) is 1. The number of carbonyl (C=O) groups is 1. The van der Waals surface area contributed by atoms with Gasteiger partial charge in [0, 0.05) is 18.3 Å². The van der Waals surface area contributed by atoms with Gasteiger partial charge in [0.25, 0.3) is 0 Å². The molecule has 0 spiro atoms. The van der Waals surface area contributed by atoms with Crippen molar-refractivity contribution in [3.8, 4) is 0 Å². The maximum Gasteiger partial charge on any atom is 0.152 e. The van der Waals surface area contributed by atoms with Crippen molar-refractivity contribution in [1.82, 2.24) is 10.3 Å². The second-order valence-electron chi connectivity index (χ2n) is 2.56. The zero-order valence-corrected chi connectivity index (χ0v) is 7.53. The first-order valence-electron chi connectivity index (χ1n) is 4.10. The van der Waals surface area contributed by atoms with Crippen LogP contribution in [0.25, 0.3) is 6.08 Å². The quantitative estimate of drug-likeness (QED) is 0.699. The zero-order chi connectivity index (χ0) is 9.52. The molecule has 0 radical (unpaired) electrons. The Hall–Kier alpha value is -1.48. The lowest BCUT2D eigenvalue weighted by molar-refractivity contribution is 0.112. The Balaban J connectivity index is 2.80. The summed E-state index contributed by atoms with van der Waals surface area (Å²) in [6, 6.07) is 3.50. The van der Waals surface area contributed by atoms with E-state index < -0.39 is 0 Å². The van der Waals surface area contributed by atoms with Gasteiger partial charge in [-0.3, -0.25) is 9.78 Å². The van der Waals surface area contributed by atoms with Gasteiger partial charge in [-0.1, -0.05) is 6.08 Å². The van der Waals surface area contributed by atoms with Crippen LogP contribution in [0.2, 0.25) is 0 Å². The largest absolute Gasteiger partial charge is 0.316 e. The Kier molecular flexibility index (Phi) is 3.85. The fourth-order valence-corrected chi connectivity index (χ4v) is 0.957. The third-order valence-electron chi connectivity index (χ3n) is 1.60. The fraction of sp³-hybridized carbons (Fsp3) is 0.200. The number of pyridine rings is 1. The molecule has 0 saturated carbocycles. The normalized spacial score (nSPS) is 10.5. The number of carbonyl (C=O) groups excluding carboxylic acids is 1. The summed E-state index contributed by atoms with van der Waals surface area (Å²) < 4.78 is 0. The molecule has 1 rings (SSSR count). The molecule has 68 valence electrons. The molecule has 1 N–H and O–H groups in total. The number of aldehydes is 1. The van der Waals surface area contributed by atoms with Crippen molar-refractivity contribution in [2.24, 2.45) is 0 Å². The van der Waals surface area contributed by atoms with Crippen molar-refractivity contribution in [2.75, 3.05) is 13.6 Å². The maximum absolute atomic E-state index is 10.6. The SMILES string of the molecule is CNCC=Cc1ncccc1C=O. The first-order valence-corrected chi connectivity index (χ1v) is 4.10. The Bertz CT molecular complexity index is 308. The molecule has 13 heavy (non-hydrogen) atoms. The van der Waals surface area contributed by atoms with Crippen molar-refractivity contribution in [3.05, 3.63) is 35.7 Å². The number of hydrogen-bond donors (Lipinski definition) is 1. The Morgan fingerprint density at radius 3 is 3.15 bits per heavy atom. The van der Waals surface area contributed by atoms with E-state index in [4.69, 9.17) is 0 Å². The Morgan fingerprint density at radius 1 is 1.62 bits per heavy atom. The van der Waals surface area contributed by atoms with Crippen LogP contribution in [0.15, 0.2) is 24.4 Å². The highest BCUT2D eigenvalue weighted by Crippen LogP contribution is 2.03. The fourth-order valence-electron chi connectivity index (χ4n) is 0.957. The average Bonchev–Trinajstić information content (AvgIpc) is 2.19. The topological polar surface area (TPSA) is 42.0 Å². The van der Waals surface area contributed by atoms with E-state index in [0.29, 0.717) is 11.3 Å². The average molecular weight is 176 g/mol. The first-order chi connectivity index (χ1) is 6.38. The van der Waals surface area contributed by atoms with E-state index in [1.807, 2.05) is 19.2 Å². The van der Waals surface area contributed by atoms with Crippen LogP contribution < -0.4 is 5.32 Å². The highest BCUT2D eigenvalue weighted by atomic mass is 16.1. The van der Waals surface area contributed by atoms with Crippen LogP contribution in [0.5, 0.6) is 0 Å². The minimum Gasteiger partial charge on any atom is -0.316 e. The van der Waals surface area contributed by atoms with Gasteiger partial charge in [0.1, 0.15) is 0 Å². The molecule has 0 saturated heterocycles. The van der Waals surface area contributed by atoms with Crippen molar-refractivity contribution in [2.45, 2.75) is 0 Å². The summed E-state index contributed by atoms with van der Waals surface area (Å²) in [5, 5.41) is 2.97. The molecule has 0 aromatic carbocycles. The second kappa shape index (κ2) is 5.22. The van der Waals surface area contributed by atoms with Crippen molar-refractivity contribution in [3.63, 3.8) is 0 Å². The van der Waals surface area contributed by atoms with Crippen LogP contribution in [0.3, 0.4) is 0 Å². The van der Waals surface area contributed by atoms with E-state index in [1.54, 1.807) is 18.3 Å². The lowest BCUT2D eigenvalue weighted by Gasteiger charge is -1.95. The van der Waals surface area contributed by atoms with Gasteiger partial charge in [-0.25, -0.2) is 0 Å². The van der Waals surface area contributed by atoms with E-state index in [2.05, 4.69) is 10.3 Å². The summed E-state index contributed by atoms with van der Waals surface area (Å²) in [5.74, 6) is 0. The number of rotatable bonds is 4. The number of hydrogen-bond acceptors (Lipinski definition) is 3.